The molecular weight excluding hydrogens is 259 g/mol. The van der Waals surface area contributed by atoms with Crippen molar-refractivity contribution in [2.24, 2.45) is 5.73 Å². The monoisotopic (exact) mass is 280 g/mol. The summed E-state index contributed by atoms with van der Waals surface area (Å²) in [6.45, 7) is 1.10. The first-order chi connectivity index (χ1) is 9.63. The molecule has 0 unspecified atom stereocenters. The van der Waals surface area contributed by atoms with Crippen LogP contribution in [0.15, 0.2) is 18.2 Å². The molecule has 0 aliphatic heterocycles. The van der Waals surface area contributed by atoms with Gasteiger partial charge >= 0.3 is 0 Å². The van der Waals surface area contributed by atoms with E-state index in [9.17, 15) is 14.3 Å². The summed E-state index contributed by atoms with van der Waals surface area (Å²) in [5.41, 5.74) is 5.69. The fourth-order valence-electron chi connectivity index (χ4n) is 2.77. The van der Waals surface area contributed by atoms with E-state index >= 15 is 0 Å². The third kappa shape index (κ3) is 3.28. The predicted molar refractivity (Wildman–Crippen MR) is 75.0 cm³/mol. The summed E-state index contributed by atoms with van der Waals surface area (Å²) in [7, 11) is 0. The van der Waals surface area contributed by atoms with Crippen LogP contribution < -0.4 is 5.73 Å². The molecule has 0 saturated heterocycles. The van der Waals surface area contributed by atoms with Gasteiger partial charge in [0.2, 0.25) is 0 Å². The summed E-state index contributed by atoms with van der Waals surface area (Å²) in [6, 6.07) is 3.72. The molecule has 110 valence electrons. The van der Waals surface area contributed by atoms with Crippen molar-refractivity contribution >= 4 is 5.91 Å². The van der Waals surface area contributed by atoms with E-state index in [0.717, 1.165) is 38.2 Å². The molecule has 20 heavy (non-hydrogen) atoms. The molecule has 2 rings (SSSR count). The number of nitrogens with zero attached hydrogens (tertiary/aromatic N) is 1. The summed E-state index contributed by atoms with van der Waals surface area (Å²) in [4.78, 5) is 14.4. The molecule has 3 N–H and O–H groups in total. The number of halogens is 1. The second kappa shape index (κ2) is 6.70. The van der Waals surface area contributed by atoms with Gasteiger partial charge in [-0.2, -0.15) is 0 Å². The zero-order valence-electron chi connectivity index (χ0n) is 11.5. The first kappa shape index (κ1) is 14.8. The lowest BCUT2D eigenvalue weighted by molar-refractivity contribution is 0.0677. The fraction of sp³-hybridized carbons (Fsp3) is 0.533. The molecule has 5 heteroatoms. The van der Waals surface area contributed by atoms with Gasteiger partial charge in [0.1, 0.15) is 11.6 Å². The van der Waals surface area contributed by atoms with Crippen molar-refractivity contribution in [3.63, 3.8) is 0 Å². The van der Waals surface area contributed by atoms with Gasteiger partial charge in [-0.05, 0) is 37.9 Å². The van der Waals surface area contributed by atoms with Gasteiger partial charge in [0.25, 0.3) is 5.91 Å². The number of hydrogen-bond acceptors (Lipinski definition) is 3. The van der Waals surface area contributed by atoms with E-state index < -0.39 is 5.82 Å². The van der Waals surface area contributed by atoms with Crippen LogP contribution in [0.5, 0.6) is 5.75 Å². The predicted octanol–water partition coefficient (Wildman–Crippen LogP) is 2.26. The third-order valence-electron chi connectivity index (χ3n) is 3.82. The van der Waals surface area contributed by atoms with E-state index in [0.29, 0.717) is 13.1 Å². The smallest absolute Gasteiger partial charge is 0.257 e. The molecule has 0 aromatic heterocycles. The minimum atomic E-state index is -0.548. The molecule has 1 aromatic rings. The Bertz CT molecular complexity index is 473. The Labute approximate surface area is 118 Å². The second-order valence-corrected chi connectivity index (χ2v) is 5.24. The van der Waals surface area contributed by atoms with Crippen LogP contribution in [0.3, 0.4) is 0 Å². The van der Waals surface area contributed by atoms with Gasteiger partial charge in [0, 0.05) is 18.7 Å². The van der Waals surface area contributed by atoms with Crippen LogP contribution >= 0.6 is 0 Å². The molecule has 1 amide bonds. The zero-order chi connectivity index (χ0) is 14.5. The van der Waals surface area contributed by atoms with Crippen LogP contribution in [0, 0.1) is 5.82 Å². The lowest BCUT2D eigenvalue weighted by atomic mass is 10.1. The molecule has 0 spiro atoms. The average Bonchev–Trinajstić information content (AvgIpc) is 2.93. The molecule has 4 nitrogen and oxygen atoms in total. The van der Waals surface area contributed by atoms with E-state index in [2.05, 4.69) is 0 Å². The molecule has 0 atom stereocenters. The molecule has 1 aliphatic carbocycles. The Morgan fingerprint density at radius 1 is 1.40 bits per heavy atom. The SMILES string of the molecule is NCCCN(C(=O)c1ccc(F)cc1O)C1CCCC1. The Morgan fingerprint density at radius 2 is 2.10 bits per heavy atom. The molecule has 0 radical (unpaired) electrons. The number of aromatic hydroxyl groups is 1. The largest absolute Gasteiger partial charge is 0.507 e. The van der Waals surface area contributed by atoms with E-state index in [-0.39, 0.29) is 23.3 Å². The van der Waals surface area contributed by atoms with Crippen molar-refractivity contribution in [1.29, 1.82) is 0 Å². The van der Waals surface area contributed by atoms with Gasteiger partial charge < -0.3 is 15.7 Å². The number of hydrogen-bond donors (Lipinski definition) is 2. The summed E-state index contributed by atoms with van der Waals surface area (Å²) in [6.07, 6.45) is 4.93. The van der Waals surface area contributed by atoms with Gasteiger partial charge in [-0.3, -0.25) is 4.79 Å². The number of phenolic OH excluding ortho intramolecular Hbond substituents is 1. The number of rotatable bonds is 5. The number of phenols is 1. The van der Waals surface area contributed by atoms with Crippen LogP contribution in [0.1, 0.15) is 42.5 Å². The normalized spacial score (nSPS) is 15.5. The maximum absolute atomic E-state index is 13.0. The highest BCUT2D eigenvalue weighted by molar-refractivity contribution is 5.97. The average molecular weight is 280 g/mol. The summed E-state index contributed by atoms with van der Waals surface area (Å²) in [5, 5.41) is 9.77. The van der Waals surface area contributed by atoms with E-state index in [1.54, 1.807) is 4.90 Å². The molecule has 0 heterocycles. The van der Waals surface area contributed by atoms with Gasteiger partial charge in [-0.15, -0.1) is 0 Å². The number of nitrogens with two attached hydrogens (primary N) is 1. The quantitative estimate of drug-likeness (QED) is 0.869. The second-order valence-electron chi connectivity index (χ2n) is 5.24. The van der Waals surface area contributed by atoms with Gasteiger partial charge in [0.05, 0.1) is 5.56 Å². The summed E-state index contributed by atoms with van der Waals surface area (Å²) < 4.78 is 13.0. The Hall–Kier alpha value is -1.62. The van der Waals surface area contributed by atoms with Crippen molar-refractivity contribution < 1.29 is 14.3 Å². The lowest BCUT2D eigenvalue weighted by Crippen LogP contribution is -2.40. The summed E-state index contributed by atoms with van der Waals surface area (Å²) in [5.74, 6) is -1.08. The van der Waals surface area contributed by atoms with Gasteiger partial charge in [-0.25, -0.2) is 4.39 Å². The molecule has 0 bridgehead atoms. The Kier molecular flexibility index (Phi) is 4.95. The van der Waals surface area contributed by atoms with E-state index in [1.807, 2.05) is 0 Å². The Morgan fingerprint density at radius 3 is 2.70 bits per heavy atom. The van der Waals surface area contributed by atoms with Gasteiger partial charge in [-0.1, -0.05) is 12.8 Å². The fourth-order valence-corrected chi connectivity index (χ4v) is 2.77. The van der Waals surface area contributed by atoms with Crippen molar-refractivity contribution in [3.05, 3.63) is 29.6 Å². The van der Waals surface area contributed by atoms with Crippen LogP contribution in [0.2, 0.25) is 0 Å². The maximum atomic E-state index is 13.0. The number of amides is 1. The Balaban J connectivity index is 2.20. The molecule has 1 aliphatic rings. The maximum Gasteiger partial charge on any atom is 0.257 e. The van der Waals surface area contributed by atoms with Crippen molar-refractivity contribution in [3.8, 4) is 5.75 Å². The van der Waals surface area contributed by atoms with Crippen molar-refractivity contribution in [2.75, 3.05) is 13.1 Å². The van der Waals surface area contributed by atoms with Gasteiger partial charge in [0.15, 0.2) is 0 Å². The molecule has 1 saturated carbocycles. The number of carbonyl (C=O) groups is 1. The minimum Gasteiger partial charge on any atom is -0.507 e. The highest BCUT2D eigenvalue weighted by Gasteiger charge is 2.28. The van der Waals surface area contributed by atoms with Crippen molar-refractivity contribution in [1.82, 2.24) is 4.90 Å². The molecular formula is C15H21FN2O2. The highest BCUT2D eigenvalue weighted by atomic mass is 19.1. The van der Waals surface area contributed by atoms with Crippen LogP contribution in [-0.4, -0.2) is 35.0 Å². The number of carbonyl (C=O) groups excluding carboxylic acids is 1. The minimum absolute atomic E-state index is 0.162. The van der Waals surface area contributed by atoms with Crippen LogP contribution in [0.4, 0.5) is 4.39 Å². The molecule has 1 fully saturated rings. The van der Waals surface area contributed by atoms with Crippen LogP contribution in [0.25, 0.3) is 0 Å². The third-order valence-corrected chi connectivity index (χ3v) is 3.82. The first-order valence-electron chi connectivity index (χ1n) is 7.13. The van der Waals surface area contributed by atoms with Crippen LogP contribution in [-0.2, 0) is 0 Å². The summed E-state index contributed by atoms with van der Waals surface area (Å²) >= 11 is 0. The number of benzene rings is 1. The highest BCUT2D eigenvalue weighted by Crippen LogP contribution is 2.27. The van der Waals surface area contributed by atoms with E-state index in [4.69, 9.17) is 5.73 Å². The zero-order valence-corrected chi connectivity index (χ0v) is 11.5. The molecule has 1 aromatic carbocycles. The lowest BCUT2D eigenvalue weighted by Gasteiger charge is -2.29. The van der Waals surface area contributed by atoms with E-state index in [1.165, 1.54) is 12.1 Å². The topological polar surface area (TPSA) is 66.6 Å². The standard InChI is InChI=1S/C15H21FN2O2/c16-11-6-7-13(14(19)10-11)15(20)18(9-3-8-17)12-4-1-2-5-12/h6-7,10,12,19H,1-5,8-9,17H2. The first-order valence-corrected chi connectivity index (χ1v) is 7.13. The van der Waals surface area contributed by atoms with Crippen molar-refractivity contribution in [2.45, 2.75) is 38.1 Å².